The Morgan fingerprint density at radius 3 is 2.72 bits per heavy atom. The van der Waals surface area contributed by atoms with Crippen molar-refractivity contribution in [1.82, 2.24) is 0 Å². The molecule has 0 spiro atoms. The number of aryl methyl sites for hydroxylation is 1. The summed E-state index contributed by atoms with van der Waals surface area (Å²) in [4.78, 5) is 2.81. The van der Waals surface area contributed by atoms with E-state index in [2.05, 4.69) is 53.9 Å². The van der Waals surface area contributed by atoms with Crippen molar-refractivity contribution in [3.63, 3.8) is 0 Å². The van der Waals surface area contributed by atoms with E-state index in [1.807, 2.05) is 29.5 Å². The van der Waals surface area contributed by atoms with Crippen LogP contribution in [0, 0.1) is 3.57 Å². The number of hydrogen-bond donors (Lipinski definition) is 1. The number of hydrogen-bond acceptors (Lipinski definition) is 2. The molecule has 1 unspecified atom stereocenters. The van der Waals surface area contributed by atoms with Crippen LogP contribution in [0.3, 0.4) is 0 Å². The van der Waals surface area contributed by atoms with Gasteiger partial charge in [-0.3, -0.25) is 0 Å². The van der Waals surface area contributed by atoms with Crippen LogP contribution in [0.15, 0.2) is 30.3 Å². The maximum atomic E-state index is 5.96. The molecule has 0 radical (unpaired) electrons. The molecule has 0 aliphatic carbocycles. The number of rotatable bonds is 4. The van der Waals surface area contributed by atoms with E-state index in [0.29, 0.717) is 6.04 Å². The van der Waals surface area contributed by atoms with Gasteiger partial charge in [0, 0.05) is 24.0 Å². The van der Waals surface area contributed by atoms with Crippen molar-refractivity contribution in [2.45, 2.75) is 26.3 Å². The molecule has 0 aliphatic rings. The molecule has 0 bridgehead atoms. The zero-order valence-electron chi connectivity index (χ0n) is 10.3. The Hall–Kier alpha value is -0.260. The lowest BCUT2D eigenvalue weighted by Crippen LogP contribution is -2.05. The highest BCUT2D eigenvalue weighted by atomic mass is 127. The van der Waals surface area contributed by atoms with Crippen molar-refractivity contribution in [3.05, 3.63) is 48.7 Å². The van der Waals surface area contributed by atoms with Gasteiger partial charge in [-0.05, 0) is 66.3 Å². The molecule has 1 N–H and O–H groups in total. The van der Waals surface area contributed by atoms with Crippen molar-refractivity contribution in [3.8, 4) is 0 Å². The third-order valence-corrected chi connectivity index (χ3v) is 5.30. The van der Waals surface area contributed by atoms with Gasteiger partial charge in [0.2, 0.25) is 0 Å². The molecule has 0 fully saturated rings. The first kappa shape index (κ1) is 14.2. The minimum absolute atomic E-state index is 0.324. The molecule has 2 rings (SSSR count). The maximum Gasteiger partial charge on any atom is 0.0578 e. The van der Waals surface area contributed by atoms with E-state index in [0.717, 1.165) is 20.7 Å². The van der Waals surface area contributed by atoms with Crippen molar-refractivity contribution >= 4 is 51.2 Å². The standard InChI is InChI=1S/C14H15ClINS/c1-3-11-5-7-14(18-11)9(2)17-13-6-4-10(15)8-12(13)16/h4-9,17H,3H2,1-2H3. The monoisotopic (exact) mass is 391 g/mol. The lowest BCUT2D eigenvalue weighted by Gasteiger charge is -2.15. The number of halogens is 2. The van der Waals surface area contributed by atoms with E-state index in [1.165, 1.54) is 9.75 Å². The Balaban J connectivity index is 2.13. The molecule has 96 valence electrons. The van der Waals surface area contributed by atoms with Crippen LogP contribution >= 0.6 is 45.5 Å². The highest BCUT2D eigenvalue weighted by Gasteiger charge is 2.10. The molecule has 0 saturated heterocycles. The Bertz CT molecular complexity index is 538. The quantitative estimate of drug-likeness (QED) is 0.655. The number of nitrogens with one attached hydrogen (secondary N) is 1. The SMILES string of the molecule is CCc1ccc(C(C)Nc2ccc(Cl)cc2I)s1. The van der Waals surface area contributed by atoms with Crippen LogP contribution in [0.5, 0.6) is 0 Å². The Morgan fingerprint density at radius 2 is 2.11 bits per heavy atom. The number of thiophene rings is 1. The summed E-state index contributed by atoms with van der Waals surface area (Å²) in [5.41, 5.74) is 1.14. The molecule has 0 saturated carbocycles. The summed E-state index contributed by atoms with van der Waals surface area (Å²) in [6.45, 7) is 4.38. The second-order valence-electron chi connectivity index (χ2n) is 4.15. The van der Waals surface area contributed by atoms with Gasteiger partial charge in [0.1, 0.15) is 0 Å². The van der Waals surface area contributed by atoms with Crippen LogP contribution < -0.4 is 5.32 Å². The molecular weight excluding hydrogens is 377 g/mol. The van der Waals surface area contributed by atoms with E-state index >= 15 is 0 Å². The summed E-state index contributed by atoms with van der Waals surface area (Å²) in [5.74, 6) is 0. The van der Waals surface area contributed by atoms with Gasteiger partial charge >= 0.3 is 0 Å². The van der Waals surface area contributed by atoms with E-state index in [4.69, 9.17) is 11.6 Å². The van der Waals surface area contributed by atoms with Gasteiger partial charge in [0.05, 0.1) is 6.04 Å². The predicted molar refractivity (Wildman–Crippen MR) is 89.9 cm³/mol. The largest absolute Gasteiger partial charge is 0.377 e. The molecule has 1 nitrogen and oxygen atoms in total. The van der Waals surface area contributed by atoms with Crippen molar-refractivity contribution in [2.75, 3.05) is 5.32 Å². The van der Waals surface area contributed by atoms with Crippen LogP contribution in [0.4, 0.5) is 5.69 Å². The van der Waals surface area contributed by atoms with Gasteiger partial charge in [-0.2, -0.15) is 0 Å². The molecule has 1 heterocycles. The van der Waals surface area contributed by atoms with Gasteiger partial charge in [-0.1, -0.05) is 18.5 Å². The fourth-order valence-corrected chi connectivity index (χ4v) is 3.71. The molecule has 0 aliphatic heterocycles. The molecule has 1 atom stereocenters. The summed E-state index contributed by atoms with van der Waals surface area (Å²) in [6.07, 6.45) is 1.11. The lowest BCUT2D eigenvalue weighted by molar-refractivity contribution is 0.907. The van der Waals surface area contributed by atoms with Gasteiger partial charge in [0.25, 0.3) is 0 Å². The molecule has 2 aromatic rings. The molecule has 0 amide bonds. The fourth-order valence-electron chi connectivity index (χ4n) is 1.73. The van der Waals surface area contributed by atoms with E-state index in [9.17, 15) is 0 Å². The predicted octanol–water partition coefficient (Wildman–Crippen LogP) is 5.74. The maximum absolute atomic E-state index is 5.96. The topological polar surface area (TPSA) is 12.0 Å². The van der Waals surface area contributed by atoms with Crippen LogP contribution in [0.2, 0.25) is 5.02 Å². The van der Waals surface area contributed by atoms with Gasteiger partial charge in [-0.25, -0.2) is 0 Å². The smallest absolute Gasteiger partial charge is 0.0578 e. The summed E-state index contributed by atoms with van der Waals surface area (Å²) in [6, 6.07) is 10.7. The lowest BCUT2D eigenvalue weighted by atomic mass is 10.2. The number of benzene rings is 1. The Morgan fingerprint density at radius 1 is 1.33 bits per heavy atom. The van der Waals surface area contributed by atoms with Crippen LogP contribution in [0.1, 0.15) is 29.6 Å². The normalized spacial score (nSPS) is 12.4. The first-order valence-corrected chi connectivity index (χ1v) is 8.17. The minimum Gasteiger partial charge on any atom is -0.377 e. The van der Waals surface area contributed by atoms with Crippen molar-refractivity contribution < 1.29 is 0 Å². The zero-order chi connectivity index (χ0) is 13.1. The summed E-state index contributed by atoms with van der Waals surface area (Å²) >= 11 is 10.1. The van der Waals surface area contributed by atoms with Crippen LogP contribution in [-0.2, 0) is 6.42 Å². The van der Waals surface area contributed by atoms with Gasteiger partial charge in [-0.15, -0.1) is 11.3 Å². The summed E-state index contributed by atoms with van der Waals surface area (Å²) < 4.78 is 1.15. The Labute approximate surface area is 131 Å². The van der Waals surface area contributed by atoms with Gasteiger partial charge < -0.3 is 5.32 Å². The summed E-state index contributed by atoms with van der Waals surface area (Å²) in [7, 11) is 0. The van der Waals surface area contributed by atoms with Crippen molar-refractivity contribution in [2.24, 2.45) is 0 Å². The summed E-state index contributed by atoms with van der Waals surface area (Å²) in [5, 5.41) is 4.31. The first-order valence-electron chi connectivity index (χ1n) is 5.90. The molecule has 1 aromatic carbocycles. The molecule has 1 aromatic heterocycles. The highest BCUT2D eigenvalue weighted by molar-refractivity contribution is 14.1. The van der Waals surface area contributed by atoms with E-state index in [-0.39, 0.29) is 0 Å². The third kappa shape index (κ3) is 3.39. The zero-order valence-corrected chi connectivity index (χ0v) is 14.1. The molecule has 4 heteroatoms. The van der Waals surface area contributed by atoms with Crippen molar-refractivity contribution in [1.29, 1.82) is 0 Å². The fraction of sp³-hybridized carbons (Fsp3) is 0.286. The second kappa shape index (κ2) is 6.26. The minimum atomic E-state index is 0.324. The highest BCUT2D eigenvalue weighted by Crippen LogP contribution is 2.29. The Kier molecular flexibility index (Phi) is 4.92. The average molecular weight is 392 g/mol. The van der Waals surface area contributed by atoms with E-state index < -0.39 is 0 Å². The molecular formula is C14H15ClINS. The number of anilines is 1. The van der Waals surface area contributed by atoms with Crippen LogP contribution in [-0.4, -0.2) is 0 Å². The van der Waals surface area contributed by atoms with E-state index in [1.54, 1.807) is 0 Å². The van der Waals surface area contributed by atoms with Gasteiger partial charge in [0.15, 0.2) is 0 Å². The third-order valence-electron chi connectivity index (χ3n) is 2.76. The molecule has 18 heavy (non-hydrogen) atoms. The average Bonchev–Trinajstić information content (AvgIpc) is 2.81. The first-order chi connectivity index (χ1) is 8.60. The van der Waals surface area contributed by atoms with Crippen LogP contribution in [0.25, 0.3) is 0 Å². The second-order valence-corrected chi connectivity index (χ2v) is 6.95.